The number of hydrogen-bond donors (Lipinski definition) is 1. The molecule has 0 radical (unpaired) electrons. The van der Waals surface area contributed by atoms with Crippen LogP contribution >= 0.6 is 24.8 Å². The summed E-state index contributed by atoms with van der Waals surface area (Å²) in [6.45, 7) is 1.95. The molecule has 0 aromatic carbocycles. The highest BCUT2D eigenvalue weighted by Gasteiger charge is 2.04. The number of halogens is 2. The maximum Gasteiger partial charge on any atom is 0.136 e. The van der Waals surface area contributed by atoms with E-state index < -0.39 is 0 Å². The van der Waals surface area contributed by atoms with Crippen LogP contribution < -0.4 is 5.73 Å². The number of aromatic nitrogens is 2. The quantitative estimate of drug-likeness (QED) is 0.821. The van der Waals surface area contributed by atoms with Crippen LogP contribution in [0.25, 0.3) is 5.65 Å². The standard InChI is InChI=1S/C9H11N3.2ClH/c1-7(10)8-6-11-9-4-2-3-5-12(8)9;;/h2-7H,10H2,1H3;2*1H. The van der Waals surface area contributed by atoms with Crippen molar-refractivity contribution in [2.75, 3.05) is 0 Å². The van der Waals surface area contributed by atoms with Crippen LogP contribution in [0.15, 0.2) is 30.6 Å². The Morgan fingerprint density at radius 3 is 2.71 bits per heavy atom. The molecule has 5 heteroatoms. The Morgan fingerprint density at radius 2 is 2.07 bits per heavy atom. The molecule has 0 saturated heterocycles. The first-order chi connectivity index (χ1) is 5.79. The van der Waals surface area contributed by atoms with E-state index in [1.165, 1.54) is 0 Å². The maximum atomic E-state index is 5.76. The highest BCUT2D eigenvalue weighted by molar-refractivity contribution is 5.85. The molecule has 0 aliphatic heterocycles. The Bertz CT molecular complexity index is 398. The molecular formula is C9H13Cl2N3. The number of pyridine rings is 1. The number of fused-ring (bicyclic) bond motifs is 1. The number of nitrogens with two attached hydrogens (primary N) is 1. The van der Waals surface area contributed by atoms with Crippen LogP contribution in [-0.4, -0.2) is 9.38 Å². The van der Waals surface area contributed by atoms with E-state index in [2.05, 4.69) is 4.98 Å². The molecule has 3 nitrogen and oxygen atoms in total. The normalized spacial score (nSPS) is 11.6. The van der Waals surface area contributed by atoms with Crippen LogP contribution in [-0.2, 0) is 0 Å². The Hall–Kier alpha value is -0.770. The number of hydrogen-bond acceptors (Lipinski definition) is 2. The van der Waals surface area contributed by atoms with Crippen molar-refractivity contribution in [3.05, 3.63) is 36.3 Å². The highest BCUT2D eigenvalue weighted by Crippen LogP contribution is 2.11. The summed E-state index contributed by atoms with van der Waals surface area (Å²) in [5.74, 6) is 0. The fourth-order valence-electron chi connectivity index (χ4n) is 1.29. The van der Waals surface area contributed by atoms with Crippen molar-refractivity contribution in [2.24, 2.45) is 5.73 Å². The summed E-state index contributed by atoms with van der Waals surface area (Å²) in [5.41, 5.74) is 7.76. The van der Waals surface area contributed by atoms with Crippen LogP contribution in [0, 0.1) is 0 Å². The molecule has 0 amide bonds. The predicted molar refractivity (Wildman–Crippen MR) is 62.3 cm³/mol. The van der Waals surface area contributed by atoms with Gasteiger partial charge in [0.25, 0.3) is 0 Å². The second kappa shape index (κ2) is 5.20. The third-order valence-electron chi connectivity index (χ3n) is 1.91. The lowest BCUT2D eigenvalue weighted by Gasteiger charge is -2.03. The zero-order chi connectivity index (χ0) is 8.55. The van der Waals surface area contributed by atoms with Gasteiger partial charge in [0.1, 0.15) is 5.65 Å². The molecule has 2 aromatic heterocycles. The van der Waals surface area contributed by atoms with Crippen molar-refractivity contribution in [3.8, 4) is 0 Å². The summed E-state index contributed by atoms with van der Waals surface area (Å²) in [6.07, 6.45) is 3.79. The van der Waals surface area contributed by atoms with E-state index >= 15 is 0 Å². The molecule has 0 saturated carbocycles. The molecule has 0 bridgehead atoms. The molecule has 2 aromatic rings. The molecule has 0 spiro atoms. The van der Waals surface area contributed by atoms with Gasteiger partial charge in [-0.3, -0.25) is 0 Å². The minimum absolute atomic E-state index is 0. The molecule has 2 N–H and O–H groups in total. The largest absolute Gasteiger partial charge is 0.323 e. The van der Waals surface area contributed by atoms with E-state index in [1.807, 2.05) is 41.9 Å². The van der Waals surface area contributed by atoms with Crippen LogP contribution in [0.3, 0.4) is 0 Å². The summed E-state index contributed by atoms with van der Waals surface area (Å²) in [4.78, 5) is 4.22. The van der Waals surface area contributed by atoms with Crippen molar-refractivity contribution < 1.29 is 0 Å². The van der Waals surface area contributed by atoms with Gasteiger partial charge in [-0.15, -0.1) is 24.8 Å². The van der Waals surface area contributed by atoms with E-state index in [-0.39, 0.29) is 30.9 Å². The lowest BCUT2D eigenvalue weighted by molar-refractivity contribution is 0.769. The molecule has 0 aliphatic carbocycles. The first kappa shape index (κ1) is 13.2. The van der Waals surface area contributed by atoms with Gasteiger partial charge in [-0.05, 0) is 19.1 Å². The molecule has 2 rings (SSSR count). The van der Waals surface area contributed by atoms with Crippen LogP contribution in [0.1, 0.15) is 18.7 Å². The van der Waals surface area contributed by atoms with Gasteiger partial charge >= 0.3 is 0 Å². The van der Waals surface area contributed by atoms with E-state index in [0.717, 1.165) is 11.3 Å². The fourth-order valence-corrected chi connectivity index (χ4v) is 1.29. The van der Waals surface area contributed by atoms with Crippen molar-refractivity contribution in [3.63, 3.8) is 0 Å². The molecule has 1 atom stereocenters. The van der Waals surface area contributed by atoms with Crippen LogP contribution in [0.2, 0.25) is 0 Å². The monoisotopic (exact) mass is 233 g/mol. The first-order valence-corrected chi connectivity index (χ1v) is 3.96. The minimum Gasteiger partial charge on any atom is -0.323 e. The van der Waals surface area contributed by atoms with Gasteiger partial charge in [-0.25, -0.2) is 4.98 Å². The lowest BCUT2D eigenvalue weighted by atomic mass is 10.3. The van der Waals surface area contributed by atoms with Crippen molar-refractivity contribution >= 4 is 30.5 Å². The smallest absolute Gasteiger partial charge is 0.136 e. The second-order valence-electron chi connectivity index (χ2n) is 2.90. The Labute approximate surface area is 95.1 Å². The van der Waals surface area contributed by atoms with Gasteiger partial charge < -0.3 is 10.1 Å². The van der Waals surface area contributed by atoms with Crippen LogP contribution in [0.5, 0.6) is 0 Å². The molecular weight excluding hydrogens is 221 g/mol. The Morgan fingerprint density at radius 1 is 1.36 bits per heavy atom. The van der Waals surface area contributed by atoms with E-state index in [4.69, 9.17) is 5.73 Å². The van der Waals surface area contributed by atoms with Crippen molar-refractivity contribution in [2.45, 2.75) is 13.0 Å². The van der Waals surface area contributed by atoms with Crippen LogP contribution in [0.4, 0.5) is 0 Å². The summed E-state index contributed by atoms with van der Waals surface area (Å²) in [7, 11) is 0. The number of imidazole rings is 1. The van der Waals surface area contributed by atoms with Gasteiger partial charge in [0, 0.05) is 12.2 Å². The zero-order valence-corrected chi connectivity index (χ0v) is 9.39. The summed E-state index contributed by atoms with van der Waals surface area (Å²) in [6, 6.07) is 5.93. The predicted octanol–water partition coefficient (Wildman–Crippen LogP) is 2.20. The molecule has 2 heterocycles. The number of nitrogens with zero attached hydrogens (tertiary/aromatic N) is 2. The summed E-state index contributed by atoms with van der Waals surface area (Å²) >= 11 is 0. The maximum absolute atomic E-state index is 5.76. The number of rotatable bonds is 1. The molecule has 0 aliphatic rings. The molecule has 1 unspecified atom stereocenters. The van der Waals surface area contributed by atoms with Gasteiger partial charge in [0.15, 0.2) is 0 Å². The van der Waals surface area contributed by atoms with E-state index in [0.29, 0.717) is 0 Å². The average Bonchev–Trinajstić information content (AvgIpc) is 2.47. The zero-order valence-electron chi connectivity index (χ0n) is 7.75. The SMILES string of the molecule is CC(N)c1cnc2ccccn12.Cl.Cl. The lowest BCUT2D eigenvalue weighted by Crippen LogP contribution is -2.07. The van der Waals surface area contributed by atoms with Gasteiger partial charge in [-0.1, -0.05) is 6.07 Å². The third-order valence-corrected chi connectivity index (χ3v) is 1.91. The van der Waals surface area contributed by atoms with Gasteiger partial charge in [-0.2, -0.15) is 0 Å². The van der Waals surface area contributed by atoms with E-state index in [1.54, 1.807) is 0 Å². The van der Waals surface area contributed by atoms with Gasteiger partial charge in [0.05, 0.1) is 11.9 Å². The Kier molecular flexibility index (Phi) is 4.91. The summed E-state index contributed by atoms with van der Waals surface area (Å²) < 4.78 is 2.00. The minimum atomic E-state index is 0. The first-order valence-electron chi connectivity index (χ1n) is 3.96. The van der Waals surface area contributed by atoms with Crippen molar-refractivity contribution in [1.82, 2.24) is 9.38 Å². The fraction of sp³-hybridized carbons (Fsp3) is 0.222. The van der Waals surface area contributed by atoms with E-state index in [9.17, 15) is 0 Å². The average molecular weight is 234 g/mol. The Balaban J connectivity index is 0.000000845. The molecule has 78 valence electrons. The molecule has 14 heavy (non-hydrogen) atoms. The topological polar surface area (TPSA) is 43.3 Å². The van der Waals surface area contributed by atoms with Crippen molar-refractivity contribution in [1.29, 1.82) is 0 Å². The third kappa shape index (κ3) is 2.18. The van der Waals surface area contributed by atoms with Gasteiger partial charge in [0.2, 0.25) is 0 Å². The molecule has 0 fully saturated rings. The second-order valence-corrected chi connectivity index (χ2v) is 2.90. The summed E-state index contributed by atoms with van der Waals surface area (Å²) in [5, 5.41) is 0. The highest BCUT2D eigenvalue weighted by atomic mass is 35.5.